The molecule has 0 aliphatic carbocycles. The molecule has 76 valence electrons. The lowest BCUT2D eigenvalue weighted by Gasteiger charge is -2.07. The number of aromatic nitrogens is 1. The highest BCUT2D eigenvalue weighted by molar-refractivity contribution is 7.17. The molecule has 5 nitrogen and oxygen atoms in total. The van der Waals surface area contributed by atoms with Gasteiger partial charge in [0.2, 0.25) is 5.91 Å². The zero-order valence-corrected chi connectivity index (χ0v) is 9.01. The average Bonchev–Trinajstić information content (AvgIpc) is 2.46. The molecule has 0 spiro atoms. The first-order valence-corrected chi connectivity index (χ1v) is 4.77. The van der Waals surface area contributed by atoms with Crippen LogP contribution < -0.4 is 10.2 Å². The van der Waals surface area contributed by atoms with Crippen LogP contribution in [0.3, 0.4) is 0 Å². The molecule has 14 heavy (non-hydrogen) atoms. The van der Waals surface area contributed by atoms with Crippen LogP contribution in [-0.4, -0.2) is 31.3 Å². The van der Waals surface area contributed by atoms with Crippen LogP contribution in [-0.2, 0) is 4.79 Å². The zero-order chi connectivity index (χ0) is 10.7. The fourth-order valence-corrected chi connectivity index (χ4v) is 1.83. The second-order valence-electron chi connectivity index (χ2n) is 2.90. The maximum atomic E-state index is 10.7. The minimum atomic E-state index is -0.193. The zero-order valence-electron chi connectivity index (χ0n) is 8.20. The summed E-state index contributed by atoms with van der Waals surface area (Å²) in [4.78, 5) is 27.7. The van der Waals surface area contributed by atoms with E-state index >= 15 is 0 Å². The van der Waals surface area contributed by atoms with E-state index in [2.05, 4.69) is 10.3 Å². The molecule has 0 unspecified atom stereocenters. The molecule has 0 bridgehead atoms. The summed E-state index contributed by atoms with van der Waals surface area (Å²) in [5.74, 6) is 0.384. The normalized spacial score (nSPS) is 9.64. The van der Waals surface area contributed by atoms with Crippen LogP contribution >= 0.6 is 11.3 Å². The van der Waals surface area contributed by atoms with Crippen molar-refractivity contribution in [3.63, 3.8) is 0 Å². The maximum Gasteiger partial charge on any atom is 0.223 e. The molecule has 1 aromatic heterocycles. The second-order valence-corrected chi connectivity index (χ2v) is 3.93. The van der Waals surface area contributed by atoms with Gasteiger partial charge < -0.3 is 10.2 Å². The van der Waals surface area contributed by atoms with E-state index in [9.17, 15) is 9.59 Å². The minimum Gasteiger partial charge on any atom is -0.361 e. The second kappa shape index (κ2) is 4.19. The number of rotatable bonds is 3. The van der Waals surface area contributed by atoms with Crippen LogP contribution in [0.4, 0.5) is 10.9 Å². The number of aldehydes is 1. The fourth-order valence-electron chi connectivity index (χ4n) is 0.925. The van der Waals surface area contributed by atoms with Crippen LogP contribution in [0.2, 0.25) is 0 Å². The summed E-state index contributed by atoms with van der Waals surface area (Å²) in [5, 5.41) is 2.99. The van der Waals surface area contributed by atoms with Crippen molar-refractivity contribution in [3.05, 3.63) is 4.88 Å². The van der Waals surface area contributed by atoms with E-state index in [1.165, 1.54) is 6.92 Å². The van der Waals surface area contributed by atoms with Gasteiger partial charge in [-0.15, -0.1) is 0 Å². The minimum absolute atomic E-state index is 0.193. The molecular weight excluding hydrogens is 202 g/mol. The van der Waals surface area contributed by atoms with Crippen molar-refractivity contribution in [2.45, 2.75) is 6.92 Å². The molecular formula is C8H11N3O2S. The van der Waals surface area contributed by atoms with Gasteiger partial charge in [-0.25, -0.2) is 4.98 Å². The van der Waals surface area contributed by atoms with Crippen molar-refractivity contribution < 1.29 is 9.59 Å². The van der Waals surface area contributed by atoms with E-state index in [-0.39, 0.29) is 5.91 Å². The maximum absolute atomic E-state index is 10.7. The highest BCUT2D eigenvalue weighted by Crippen LogP contribution is 2.26. The molecule has 1 N–H and O–H groups in total. The van der Waals surface area contributed by atoms with Gasteiger partial charge in [0.1, 0.15) is 4.88 Å². The fraction of sp³-hybridized carbons (Fsp3) is 0.375. The summed E-state index contributed by atoms with van der Waals surface area (Å²) in [6, 6.07) is 0. The first-order valence-electron chi connectivity index (χ1n) is 3.95. The predicted molar refractivity (Wildman–Crippen MR) is 56.1 cm³/mol. The van der Waals surface area contributed by atoms with Gasteiger partial charge >= 0.3 is 0 Å². The number of nitrogens with one attached hydrogen (secondary N) is 1. The molecule has 0 saturated carbocycles. The Morgan fingerprint density at radius 1 is 1.57 bits per heavy atom. The monoisotopic (exact) mass is 213 g/mol. The van der Waals surface area contributed by atoms with Gasteiger partial charge in [0.05, 0.1) is 0 Å². The Morgan fingerprint density at radius 3 is 2.57 bits per heavy atom. The van der Waals surface area contributed by atoms with Crippen molar-refractivity contribution in [1.82, 2.24) is 4.98 Å². The van der Waals surface area contributed by atoms with Gasteiger partial charge in [0, 0.05) is 21.0 Å². The molecule has 1 rings (SSSR count). The van der Waals surface area contributed by atoms with Gasteiger partial charge in [-0.3, -0.25) is 9.59 Å². The van der Waals surface area contributed by atoms with Crippen molar-refractivity contribution in [1.29, 1.82) is 0 Å². The van der Waals surface area contributed by atoms with Crippen LogP contribution in [0.15, 0.2) is 0 Å². The van der Waals surface area contributed by atoms with Crippen molar-refractivity contribution in [2.75, 3.05) is 24.3 Å². The summed E-state index contributed by atoms with van der Waals surface area (Å²) in [7, 11) is 3.58. The number of nitrogens with zero attached hydrogens (tertiary/aromatic N) is 2. The molecule has 0 atom stereocenters. The molecule has 0 aliphatic heterocycles. The molecule has 1 aromatic rings. The van der Waals surface area contributed by atoms with E-state index in [0.717, 1.165) is 17.6 Å². The van der Waals surface area contributed by atoms with Gasteiger partial charge in [0.15, 0.2) is 17.2 Å². The molecule has 0 saturated heterocycles. The largest absolute Gasteiger partial charge is 0.361 e. The lowest BCUT2D eigenvalue weighted by atomic mass is 10.5. The lowest BCUT2D eigenvalue weighted by Crippen LogP contribution is -2.11. The summed E-state index contributed by atoms with van der Waals surface area (Å²) < 4.78 is 0. The SMILES string of the molecule is CC(=O)Nc1nc(N(C)C)c(C=O)s1. The van der Waals surface area contributed by atoms with Crippen LogP contribution in [0.25, 0.3) is 0 Å². The van der Waals surface area contributed by atoms with Gasteiger partial charge in [0.25, 0.3) is 0 Å². The molecule has 0 fully saturated rings. The number of carbonyl (C=O) groups is 2. The Kier molecular flexibility index (Phi) is 3.19. The Bertz CT molecular complexity index is 359. The third-order valence-electron chi connectivity index (χ3n) is 1.45. The van der Waals surface area contributed by atoms with Crippen molar-refractivity contribution >= 4 is 34.5 Å². The molecule has 1 amide bonds. The Labute approximate surface area is 85.7 Å². The van der Waals surface area contributed by atoms with Gasteiger partial charge in [-0.1, -0.05) is 11.3 Å². The number of amides is 1. The Balaban J connectivity index is 3.00. The lowest BCUT2D eigenvalue weighted by molar-refractivity contribution is -0.114. The van der Waals surface area contributed by atoms with E-state index in [1.54, 1.807) is 19.0 Å². The van der Waals surface area contributed by atoms with Crippen molar-refractivity contribution in [3.8, 4) is 0 Å². The highest BCUT2D eigenvalue weighted by atomic mass is 32.1. The third kappa shape index (κ3) is 2.29. The van der Waals surface area contributed by atoms with E-state index in [0.29, 0.717) is 15.8 Å². The number of hydrogen-bond acceptors (Lipinski definition) is 5. The van der Waals surface area contributed by atoms with Crippen LogP contribution in [0.1, 0.15) is 16.6 Å². The predicted octanol–water partition coefficient (Wildman–Crippen LogP) is 0.980. The van der Waals surface area contributed by atoms with E-state index in [4.69, 9.17) is 0 Å². The Hall–Kier alpha value is -1.43. The number of thiazole rings is 1. The number of carbonyl (C=O) groups excluding carboxylic acids is 2. The van der Waals surface area contributed by atoms with Gasteiger partial charge in [-0.05, 0) is 0 Å². The third-order valence-corrected chi connectivity index (χ3v) is 2.33. The van der Waals surface area contributed by atoms with Crippen molar-refractivity contribution in [2.24, 2.45) is 0 Å². The van der Waals surface area contributed by atoms with Crippen LogP contribution in [0.5, 0.6) is 0 Å². The standard InChI is InChI=1S/C8H11N3O2S/c1-5(13)9-8-10-7(11(2)3)6(4-12)14-8/h4H,1-3H3,(H,9,10,13). The van der Waals surface area contributed by atoms with E-state index < -0.39 is 0 Å². The molecule has 0 aromatic carbocycles. The number of anilines is 2. The molecule has 6 heteroatoms. The quantitative estimate of drug-likeness (QED) is 0.760. The van der Waals surface area contributed by atoms with Gasteiger partial charge in [-0.2, -0.15) is 0 Å². The highest BCUT2D eigenvalue weighted by Gasteiger charge is 2.12. The molecule has 0 radical (unpaired) electrons. The molecule has 0 aliphatic rings. The summed E-state index contributed by atoms with van der Waals surface area (Å²) in [6.45, 7) is 1.40. The smallest absolute Gasteiger partial charge is 0.223 e. The van der Waals surface area contributed by atoms with Crippen LogP contribution in [0, 0.1) is 0 Å². The number of hydrogen-bond donors (Lipinski definition) is 1. The average molecular weight is 213 g/mol. The van der Waals surface area contributed by atoms with E-state index in [1.807, 2.05) is 0 Å². The first kappa shape index (κ1) is 10.6. The summed E-state index contributed by atoms with van der Waals surface area (Å²) in [6.07, 6.45) is 0.734. The Morgan fingerprint density at radius 2 is 2.21 bits per heavy atom. The topological polar surface area (TPSA) is 62.3 Å². The molecule has 1 heterocycles. The summed E-state index contributed by atoms with van der Waals surface area (Å²) >= 11 is 1.16. The summed E-state index contributed by atoms with van der Waals surface area (Å²) in [5.41, 5.74) is 0. The first-order chi connectivity index (χ1) is 6.54.